The molecule has 1 aromatic heterocycles. The summed E-state index contributed by atoms with van der Waals surface area (Å²) in [5.74, 6) is 2.23. The van der Waals surface area contributed by atoms with Gasteiger partial charge in [-0.15, -0.1) is 0 Å². The van der Waals surface area contributed by atoms with Crippen LogP contribution in [0.5, 0.6) is 0 Å². The van der Waals surface area contributed by atoms with Crippen molar-refractivity contribution in [2.24, 2.45) is 0 Å². The second-order valence-electron chi connectivity index (χ2n) is 6.73. The molecule has 6 heteroatoms. The molecule has 0 saturated carbocycles. The van der Waals surface area contributed by atoms with E-state index in [-0.39, 0.29) is 0 Å². The highest BCUT2D eigenvalue weighted by atomic mass is 16.5. The Labute approximate surface area is 118 Å². The predicted octanol–water partition coefficient (Wildman–Crippen LogP) is 0.350. The van der Waals surface area contributed by atoms with Crippen molar-refractivity contribution in [2.45, 2.75) is 43.3 Å². The van der Waals surface area contributed by atoms with Gasteiger partial charge in [-0.05, 0) is 19.3 Å². The molecular formula is C14H21N5O. The lowest BCUT2D eigenvalue weighted by Gasteiger charge is -2.46. The first kappa shape index (κ1) is 11.7. The predicted molar refractivity (Wildman–Crippen MR) is 72.4 cm³/mol. The number of hydrogen-bond donors (Lipinski definition) is 1. The number of rotatable bonds is 2. The maximum Gasteiger partial charge on any atom is 0.231 e. The van der Waals surface area contributed by atoms with E-state index < -0.39 is 0 Å². The van der Waals surface area contributed by atoms with Crippen molar-refractivity contribution in [3.8, 4) is 0 Å². The molecule has 0 amide bonds. The van der Waals surface area contributed by atoms with Crippen LogP contribution in [0.4, 0.5) is 0 Å². The van der Waals surface area contributed by atoms with Crippen molar-refractivity contribution in [1.82, 2.24) is 25.3 Å². The Bertz CT molecular complexity index is 509. The first-order valence-corrected chi connectivity index (χ1v) is 7.93. The van der Waals surface area contributed by atoms with E-state index >= 15 is 0 Å². The smallest absolute Gasteiger partial charge is 0.231 e. The molecule has 0 spiro atoms. The highest BCUT2D eigenvalue weighted by Gasteiger charge is 2.43. The molecule has 5 aliphatic rings. The standard InChI is InChI=1S/C14H21N5O/c1-2-11-10(7-9(1)15-11)14-16-13(17-20-14)12-8-18-3-5-19(12)6-4-18/h9-12,15H,1-8H2. The zero-order valence-corrected chi connectivity index (χ0v) is 11.7. The van der Waals surface area contributed by atoms with Gasteiger partial charge in [0, 0.05) is 44.8 Å². The van der Waals surface area contributed by atoms with E-state index in [0.29, 0.717) is 24.0 Å². The first-order chi connectivity index (χ1) is 9.87. The van der Waals surface area contributed by atoms with Crippen LogP contribution < -0.4 is 5.32 Å². The summed E-state index contributed by atoms with van der Waals surface area (Å²) in [5.41, 5.74) is 0. The van der Waals surface area contributed by atoms with Crippen LogP contribution in [0.1, 0.15) is 42.9 Å². The van der Waals surface area contributed by atoms with Crippen molar-refractivity contribution in [1.29, 1.82) is 0 Å². The average Bonchev–Trinajstić information content (AvgIpc) is 3.24. The molecule has 4 unspecified atom stereocenters. The summed E-state index contributed by atoms with van der Waals surface area (Å²) in [6.07, 6.45) is 3.75. The normalized spacial score (nSPS) is 46.2. The highest BCUT2D eigenvalue weighted by Crippen LogP contribution is 2.39. The molecule has 6 heterocycles. The van der Waals surface area contributed by atoms with Gasteiger partial charge in [0.25, 0.3) is 0 Å². The fraction of sp³-hybridized carbons (Fsp3) is 0.857. The third-order valence-corrected chi connectivity index (χ3v) is 5.65. The number of nitrogens with zero attached hydrogens (tertiary/aromatic N) is 4. The lowest BCUT2D eigenvalue weighted by Crippen LogP contribution is -2.57. The molecule has 20 heavy (non-hydrogen) atoms. The molecule has 5 saturated heterocycles. The van der Waals surface area contributed by atoms with Crippen molar-refractivity contribution < 1.29 is 4.52 Å². The molecule has 1 N–H and O–H groups in total. The van der Waals surface area contributed by atoms with E-state index in [1.165, 1.54) is 32.4 Å². The fourth-order valence-corrected chi connectivity index (χ4v) is 4.49. The van der Waals surface area contributed by atoms with Crippen LogP contribution in [0.25, 0.3) is 0 Å². The maximum absolute atomic E-state index is 5.62. The van der Waals surface area contributed by atoms with Gasteiger partial charge >= 0.3 is 0 Å². The summed E-state index contributed by atoms with van der Waals surface area (Å²) in [6, 6.07) is 1.60. The third kappa shape index (κ3) is 1.68. The molecule has 6 rings (SSSR count). The number of piperazine rings is 3. The van der Waals surface area contributed by atoms with Crippen LogP contribution in [0, 0.1) is 0 Å². The summed E-state index contributed by atoms with van der Waals surface area (Å²) in [7, 11) is 0. The minimum Gasteiger partial charge on any atom is -0.339 e. The monoisotopic (exact) mass is 275 g/mol. The van der Waals surface area contributed by atoms with Gasteiger partial charge in [0.15, 0.2) is 5.82 Å². The van der Waals surface area contributed by atoms with Crippen LogP contribution >= 0.6 is 0 Å². The Morgan fingerprint density at radius 2 is 2.05 bits per heavy atom. The van der Waals surface area contributed by atoms with Crippen molar-refractivity contribution >= 4 is 0 Å². The largest absolute Gasteiger partial charge is 0.339 e. The van der Waals surface area contributed by atoms with Crippen LogP contribution in [-0.4, -0.2) is 64.7 Å². The number of fused-ring (bicyclic) bond motifs is 5. The second kappa shape index (κ2) is 4.26. The molecular weight excluding hydrogens is 254 g/mol. The summed E-state index contributed by atoms with van der Waals surface area (Å²) in [6.45, 7) is 5.73. The fourth-order valence-electron chi connectivity index (χ4n) is 4.49. The number of aromatic nitrogens is 2. The Balaban J connectivity index is 1.38. The lowest BCUT2D eigenvalue weighted by molar-refractivity contribution is 0.00781. The number of hydrogen-bond acceptors (Lipinski definition) is 6. The molecule has 4 bridgehead atoms. The second-order valence-corrected chi connectivity index (χ2v) is 6.73. The van der Waals surface area contributed by atoms with Crippen LogP contribution in [-0.2, 0) is 0 Å². The maximum atomic E-state index is 5.62. The molecule has 1 aromatic rings. The van der Waals surface area contributed by atoms with Crippen molar-refractivity contribution in [3.63, 3.8) is 0 Å². The summed E-state index contributed by atoms with van der Waals surface area (Å²) >= 11 is 0. The van der Waals surface area contributed by atoms with Gasteiger partial charge in [-0.3, -0.25) is 9.80 Å². The third-order valence-electron chi connectivity index (χ3n) is 5.65. The van der Waals surface area contributed by atoms with E-state index in [1.54, 1.807) is 0 Å². The zero-order valence-electron chi connectivity index (χ0n) is 11.7. The SMILES string of the molecule is C1CC2NC1CC2c1nc(C2CN3CCN2CC3)no1. The molecule has 5 aliphatic heterocycles. The summed E-state index contributed by atoms with van der Waals surface area (Å²) in [4.78, 5) is 9.79. The van der Waals surface area contributed by atoms with Gasteiger partial charge in [0.05, 0.1) is 12.0 Å². The van der Waals surface area contributed by atoms with E-state index in [1.807, 2.05) is 0 Å². The summed E-state index contributed by atoms with van der Waals surface area (Å²) in [5, 5.41) is 7.95. The van der Waals surface area contributed by atoms with Crippen LogP contribution in [0.15, 0.2) is 4.52 Å². The molecule has 108 valence electrons. The molecule has 0 aromatic carbocycles. The van der Waals surface area contributed by atoms with E-state index in [9.17, 15) is 0 Å². The molecule has 0 aliphatic carbocycles. The van der Waals surface area contributed by atoms with Gasteiger partial charge in [0.1, 0.15) is 0 Å². The van der Waals surface area contributed by atoms with E-state index in [0.717, 1.165) is 31.3 Å². The molecule has 0 radical (unpaired) electrons. The van der Waals surface area contributed by atoms with E-state index in [4.69, 9.17) is 9.51 Å². The van der Waals surface area contributed by atoms with Crippen molar-refractivity contribution in [2.75, 3.05) is 32.7 Å². The molecule has 6 nitrogen and oxygen atoms in total. The van der Waals surface area contributed by atoms with E-state index in [2.05, 4.69) is 20.3 Å². The Morgan fingerprint density at radius 1 is 1.15 bits per heavy atom. The minimum atomic E-state index is 0.349. The number of nitrogens with one attached hydrogen (secondary N) is 1. The summed E-state index contributed by atoms with van der Waals surface area (Å²) < 4.78 is 5.62. The van der Waals surface area contributed by atoms with Crippen LogP contribution in [0.2, 0.25) is 0 Å². The van der Waals surface area contributed by atoms with Gasteiger partial charge in [-0.25, -0.2) is 0 Å². The van der Waals surface area contributed by atoms with Gasteiger partial charge in [-0.1, -0.05) is 5.16 Å². The Hall–Kier alpha value is -0.980. The molecule has 5 fully saturated rings. The quantitative estimate of drug-likeness (QED) is 0.840. The van der Waals surface area contributed by atoms with Gasteiger partial charge in [0.2, 0.25) is 5.89 Å². The van der Waals surface area contributed by atoms with Crippen LogP contribution in [0.3, 0.4) is 0 Å². The zero-order chi connectivity index (χ0) is 13.1. The molecule has 4 atom stereocenters. The topological polar surface area (TPSA) is 57.4 Å². The lowest BCUT2D eigenvalue weighted by atomic mass is 9.89. The van der Waals surface area contributed by atoms with Gasteiger partial charge < -0.3 is 9.84 Å². The Morgan fingerprint density at radius 3 is 2.70 bits per heavy atom. The highest BCUT2D eigenvalue weighted by molar-refractivity contribution is 5.11. The van der Waals surface area contributed by atoms with Crippen molar-refractivity contribution in [3.05, 3.63) is 11.7 Å². The Kier molecular flexibility index (Phi) is 2.48. The minimum absolute atomic E-state index is 0.349. The first-order valence-electron chi connectivity index (χ1n) is 7.93. The average molecular weight is 275 g/mol. The van der Waals surface area contributed by atoms with Gasteiger partial charge in [-0.2, -0.15) is 4.98 Å².